The standard InChI is InChI=1S/C8H8BF3O4/c10-8(11,12)5-15-6-1-3-7(4-2-6)16-9(13)14/h1-4,13-14H,5H2. The number of hydrogen-bond acceptors (Lipinski definition) is 4. The van der Waals surface area contributed by atoms with Crippen molar-refractivity contribution in [2.24, 2.45) is 0 Å². The molecule has 4 nitrogen and oxygen atoms in total. The highest BCUT2D eigenvalue weighted by molar-refractivity contribution is 6.33. The van der Waals surface area contributed by atoms with Crippen molar-refractivity contribution in [3.05, 3.63) is 24.3 Å². The summed E-state index contributed by atoms with van der Waals surface area (Å²) in [5.41, 5.74) is 0. The van der Waals surface area contributed by atoms with Crippen LogP contribution in [0.5, 0.6) is 11.5 Å². The van der Waals surface area contributed by atoms with Gasteiger partial charge in [-0.3, -0.25) is 0 Å². The predicted octanol–water partition coefficient (Wildman–Crippen LogP) is 0.976. The Labute approximate surface area is 89.4 Å². The van der Waals surface area contributed by atoms with Gasteiger partial charge in [0, 0.05) is 0 Å². The van der Waals surface area contributed by atoms with Gasteiger partial charge in [-0.1, -0.05) is 0 Å². The van der Waals surface area contributed by atoms with Gasteiger partial charge in [0.25, 0.3) is 0 Å². The lowest BCUT2D eigenvalue weighted by Gasteiger charge is -2.09. The molecule has 0 bridgehead atoms. The van der Waals surface area contributed by atoms with Gasteiger partial charge in [0.15, 0.2) is 6.61 Å². The number of benzene rings is 1. The highest BCUT2D eigenvalue weighted by Crippen LogP contribution is 2.21. The second-order valence-corrected chi connectivity index (χ2v) is 2.82. The van der Waals surface area contributed by atoms with Gasteiger partial charge in [0.2, 0.25) is 0 Å². The van der Waals surface area contributed by atoms with Crippen LogP contribution >= 0.6 is 0 Å². The lowest BCUT2D eigenvalue weighted by Crippen LogP contribution is -2.20. The van der Waals surface area contributed by atoms with Gasteiger partial charge in [-0.25, -0.2) is 0 Å². The molecule has 0 atom stereocenters. The van der Waals surface area contributed by atoms with Crippen molar-refractivity contribution >= 4 is 7.32 Å². The number of ether oxygens (including phenoxy) is 1. The van der Waals surface area contributed by atoms with E-state index in [2.05, 4.69) is 9.39 Å². The van der Waals surface area contributed by atoms with Crippen LogP contribution in [-0.4, -0.2) is 30.2 Å². The molecule has 0 fully saturated rings. The van der Waals surface area contributed by atoms with Crippen LogP contribution in [0.2, 0.25) is 0 Å². The largest absolute Gasteiger partial charge is 0.707 e. The molecule has 1 aromatic carbocycles. The molecule has 16 heavy (non-hydrogen) atoms. The number of alkyl halides is 3. The summed E-state index contributed by atoms with van der Waals surface area (Å²) in [6.45, 7) is -1.38. The molecule has 8 heteroatoms. The summed E-state index contributed by atoms with van der Waals surface area (Å²) in [4.78, 5) is 0. The molecule has 0 aliphatic heterocycles. The molecule has 0 saturated heterocycles. The third kappa shape index (κ3) is 4.90. The van der Waals surface area contributed by atoms with Gasteiger partial charge in [0.05, 0.1) is 0 Å². The van der Waals surface area contributed by atoms with E-state index < -0.39 is 20.1 Å². The molecule has 0 aliphatic rings. The van der Waals surface area contributed by atoms with Crippen LogP contribution in [0.25, 0.3) is 0 Å². The van der Waals surface area contributed by atoms with Crippen molar-refractivity contribution < 1.29 is 32.6 Å². The molecule has 1 aromatic rings. The van der Waals surface area contributed by atoms with Crippen LogP contribution in [0, 0.1) is 0 Å². The first-order chi connectivity index (χ1) is 7.37. The quantitative estimate of drug-likeness (QED) is 0.765. The van der Waals surface area contributed by atoms with E-state index in [9.17, 15) is 13.2 Å². The Balaban J connectivity index is 2.51. The van der Waals surface area contributed by atoms with E-state index in [1.54, 1.807) is 0 Å². The SMILES string of the molecule is OB(O)Oc1ccc(OCC(F)(F)F)cc1. The summed E-state index contributed by atoms with van der Waals surface area (Å²) >= 11 is 0. The number of hydrogen-bond donors (Lipinski definition) is 2. The van der Waals surface area contributed by atoms with Gasteiger partial charge in [-0.15, -0.1) is 0 Å². The van der Waals surface area contributed by atoms with Crippen LogP contribution in [0.3, 0.4) is 0 Å². The maximum atomic E-state index is 11.8. The average Bonchev–Trinajstić information content (AvgIpc) is 2.14. The van der Waals surface area contributed by atoms with E-state index in [-0.39, 0.29) is 11.5 Å². The fraction of sp³-hybridized carbons (Fsp3) is 0.250. The van der Waals surface area contributed by atoms with Crippen molar-refractivity contribution in [1.82, 2.24) is 0 Å². The first-order valence-electron chi connectivity index (χ1n) is 4.19. The third-order valence-electron chi connectivity index (χ3n) is 1.47. The van der Waals surface area contributed by atoms with E-state index in [1.807, 2.05) is 0 Å². The Morgan fingerprint density at radius 2 is 1.56 bits per heavy atom. The van der Waals surface area contributed by atoms with Gasteiger partial charge in [-0.2, -0.15) is 13.2 Å². The second-order valence-electron chi connectivity index (χ2n) is 2.82. The third-order valence-corrected chi connectivity index (χ3v) is 1.47. The lowest BCUT2D eigenvalue weighted by molar-refractivity contribution is -0.153. The Hall–Kier alpha value is -1.41. The van der Waals surface area contributed by atoms with E-state index >= 15 is 0 Å². The zero-order valence-corrected chi connectivity index (χ0v) is 7.94. The summed E-state index contributed by atoms with van der Waals surface area (Å²) < 4.78 is 44.2. The molecule has 0 heterocycles. The maximum Gasteiger partial charge on any atom is 0.707 e. The molecule has 0 unspecified atom stereocenters. The summed E-state index contributed by atoms with van der Waals surface area (Å²) in [5, 5.41) is 16.9. The molecular weight excluding hydrogens is 228 g/mol. The molecule has 0 saturated carbocycles. The molecule has 0 aliphatic carbocycles. The zero-order valence-electron chi connectivity index (χ0n) is 7.94. The predicted molar refractivity (Wildman–Crippen MR) is 48.8 cm³/mol. The maximum absolute atomic E-state index is 11.8. The van der Waals surface area contributed by atoms with Crippen molar-refractivity contribution in [3.63, 3.8) is 0 Å². The molecular formula is C8H8BF3O4. The van der Waals surface area contributed by atoms with Crippen LogP contribution in [0.4, 0.5) is 13.2 Å². The first kappa shape index (κ1) is 12.7. The molecule has 2 N–H and O–H groups in total. The Bertz CT molecular complexity index is 325. The summed E-state index contributed by atoms with van der Waals surface area (Å²) in [5.74, 6) is 0.117. The second kappa shape index (κ2) is 5.08. The fourth-order valence-corrected chi connectivity index (χ4v) is 0.901. The van der Waals surface area contributed by atoms with E-state index in [1.165, 1.54) is 24.3 Å². The van der Waals surface area contributed by atoms with Crippen molar-refractivity contribution in [2.45, 2.75) is 6.18 Å². The van der Waals surface area contributed by atoms with Gasteiger partial charge in [0.1, 0.15) is 11.5 Å². The molecule has 0 amide bonds. The monoisotopic (exact) mass is 236 g/mol. The van der Waals surface area contributed by atoms with E-state index in [0.29, 0.717) is 0 Å². The minimum Gasteiger partial charge on any atom is -0.512 e. The molecule has 0 spiro atoms. The van der Waals surface area contributed by atoms with Crippen LogP contribution in [0.1, 0.15) is 0 Å². The van der Waals surface area contributed by atoms with Crippen LogP contribution in [-0.2, 0) is 0 Å². The van der Waals surface area contributed by atoms with E-state index in [0.717, 1.165) is 0 Å². The minimum atomic E-state index is -4.39. The first-order valence-corrected chi connectivity index (χ1v) is 4.19. The van der Waals surface area contributed by atoms with Crippen molar-refractivity contribution in [1.29, 1.82) is 0 Å². The average molecular weight is 236 g/mol. The highest BCUT2D eigenvalue weighted by atomic mass is 19.4. The number of rotatable bonds is 4. The summed E-state index contributed by atoms with van der Waals surface area (Å²) in [6.07, 6.45) is -4.39. The Morgan fingerprint density at radius 3 is 2.00 bits per heavy atom. The molecule has 88 valence electrons. The van der Waals surface area contributed by atoms with Crippen molar-refractivity contribution in [3.8, 4) is 11.5 Å². The smallest absolute Gasteiger partial charge is 0.512 e. The van der Waals surface area contributed by atoms with Gasteiger partial charge >= 0.3 is 13.5 Å². The zero-order chi connectivity index (χ0) is 12.2. The van der Waals surface area contributed by atoms with E-state index in [4.69, 9.17) is 10.0 Å². The topological polar surface area (TPSA) is 58.9 Å². The Morgan fingerprint density at radius 1 is 1.06 bits per heavy atom. The summed E-state index contributed by atoms with van der Waals surface area (Å²) in [7, 11) is -1.97. The summed E-state index contributed by atoms with van der Waals surface area (Å²) in [6, 6.07) is 4.96. The fourth-order valence-electron chi connectivity index (χ4n) is 0.901. The highest BCUT2D eigenvalue weighted by Gasteiger charge is 2.28. The van der Waals surface area contributed by atoms with Gasteiger partial charge < -0.3 is 19.4 Å². The molecule has 1 rings (SSSR count). The van der Waals surface area contributed by atoms with Crippen molar-refractivity contribution in [2.75, 3.05) is 6.61 Å². The lowest BCUT2D eigenvalue weighted by atomic mass is 10.2. The Kier molecular flexibility index (Phi) is 4.02. The molecule has 0 radical (unpaired) electrons. The van der Waals surface area contributed by atoms with Crippen LogP contribution in [0.15, 0.2) is 24.3 Å². The van der Waals surface area contributed by atoms with Gasteiger partial charge in [-0.05, 0) is 24.3 Å². The number of halogens is 3. The molecule has 0 aromatic heterocycles. The van der Waals surface area contributed by atoms with Crippen LogP contribution < -0.4 is 9.39 Å². The minimum absolute atomic E-state index is 0.0112. The normalized spacial score (nSPS) is 11.1.